The Kier molecular flexibility index (Phi) is 8.01. The summed E-state index contributed by atoms with van der Waals surface area (Å²) in [4.78, 5) is 27.5. The van der Waals surface area contributed by atoms with Gasteiger partial charge in [0, 0.05) is 29.3 Å². The molecule has 0 radical (unpaired) electrons. The summed E-state index contributed by atoms with van der Waals surface area (Å²) in [5, 5.41) is 14.0. The van der Waals surface area contributed by atoms with Gasteiger partial charge in [0.05, 0.1) is 26.9 Å². The molecule has 8 nitrogen and oxygen atoms in total. The number of carbonyl (C=O) groups is 2. The van der Waals surface area contributed by atoms with Crippen molar-refractivity contribution in [3.63, 3.8) is 0 Å². The highest BCUT2D eigenvalue weighted by molar-refractivity contribution is 6.04. The first-order valence-electron chi connectivity index (χ1n) is 13.4. The minimum Gasteiger partial charge on any atom is -0.504 e. The molecule has 0 bridgehead atoms. The van der Waals surface area contributed by atoms with E-state index >= 15 is 0 Å². The van der Waals surface area contributed by atoms with Gasteiger partial charge in [0.2, 0.25) is 0 Å². The lowest BCUT2D eigenvalue weighted by molar-refractivity contribution is -0.140. The molecular weight excluding hydrogens is 522 g/mol. The molecule has 2 aliphatic rings. The highest BCUT2D eigenvalue weighted by Crippen LogP contribution is 2.47. The Morgan fingerprint density at radius 1 is 0.878 bits per heavy atom. The largest absolute Gasteiger partial charge is 0.504 e. The number of dihydropyridines is 1. The van der Waals surface area contributed by atoms with Gasteiger partial charge >= 0.3 is 5.97 Å². The van der Waals surface area contributed by atoms with Crippen LogP contribution in [0.15, 0.2) is 89.3 Å². The van der Waals surface area contributed by atoms with Crippen LogP contribution in [-0.2, 0) is 20.9 Å². The van der Waals surface area contributed by atoms with Crippen molar-refractivity contribution in [2.75, 3.05) is 21.3 Å². The first-order valence-corrected chi connectivity index (χ1v) is 13.4. The van der Waals surface area contributed by atoms with Crippen molar-refractivity contribution in [3.05, 3.63) is 106 Å². The Morgan fingerprint density at radius 2 is 1.56 bits per heavy atom. The molecule has 8 heteroatoms. The molecule has 0 fully saturated rings. The summed E-state index contributed by atoms with van der Waals surface area (Å²) < 4.78 is 21.8. The van der Waals surface area contributed by atoms with Crippen LogP contribution in [-0.4, -0.2) is 38.2 Å². The van der Waals surface area contributed by atoms with E-state index in [1.807, 2.05) is 55.5 Å². The molecule has 2 N–H and O–H groups in total. The number of methoxy groups -OCH3 is 3. The quantitative estimate of drug-likeness (QED) is 0.350. The zero-order chi connectivity index (χ0) is 29.1. The lowest BCUT2D eigenvalue weighted by Crippen LogP contribution is -2.36. The Bertz CT molecular complexity index is 1540. The number of benzene rings is 3. The highest BCUT2D eigenvalue weighted by Gasteiger charge is 2.41. The topological polar surface area (TPSA) is 103 Å². The number of phenolic OH excluding ortho intramolecular Hbond substituents is 1. The van der Waals surface area contributed by atoms with E-state index in [-0.39, 0.29) is 30.5 Å². The second-order valence-electron chi connectivity index (χ2n) is 10.1. The lowest BCUT2D eigenvalue weighted by atomic mass is 9.71. The highest BCUT2D eigenvalue weighted by atomic mass is 16.5. The summed E-state index contributed by atoms with van der Waals surface area (Å²) in [6, 6.07) is 20.1. The van der Waals surface area contributed by atoms with Crippen LogP contribution in [0.4, 0.5) is 0 Å². The Balaban J connectivity index is 1.53. The molecule has 1 aliphatic carbocycles. The predicted octanol–water partition coefficient (Wildman–Crippen LogP) is 5.52. The zero-order valence-electron chi connectivity index (χ0n) is 23.5. The molecule has 1 heterocycles. The maximum Gasteiger partial charge on any atom is 0.337 e. The number of allylic oxidation sites excluding steroid dienone is 3. The Hall–Kier alpha value is -4.72. The molecule has 5 rings (SSSR count). The van der Waals surface area contributed by atoms with Crippen molar-refractivity contribution in [3.8, 4) is 23.0 Å². The molecular formula is C33H33NO7. The normalized spacial score (nSPS) is 18.4. The summed E-state index contributed by atoms with van der Waals surface area (Å²) in [7, 11) is 4.63. The minimum atomic E-state index is -0.717. The van der Waals surface area contributed by atoms with Crippen LogP contribution in [0, 0.1) is 0 Å². The summed E-state index contributed by atoms with van der Waals surface area (Å²) in [5.74, 6) is 0.00943. The second-order valence-corrected chi connectivity index (χ2v) is 10.1. The number of hydrogen-bond acceptors (Lipinski definition) is 8. The van der Waals surface area contributed by atoms with E-state index in [0.29, 0.717) is 46.1 Å². The fourth-order valence-corrected chi connectivity index (χ4v) is 5.67. The van der Waals surface area contributed by atoms with Crippen molar-refractivity contribution in [2.45, 2.75) is 38.2 Å². The summed E-state index contributed by atoms with van der Waals surface area (Å²) >= 11 is 0. The van der Waals surface area contributed by atoms with Crippen LogP contribution in [0.5, 0.6) is 23.0 Å². The molecule has 0 saturated heterocycles. The maximum atomic E-state index is 13.9. The van der Waals surface area contributed by atoms with Gasteiger partial charge in [-0.15, -0.1) is 0 Å². The number of aromatic hydroxyl groups is 1. The van der Waals surface area contributed by atoms with E-state index in [0.717, 1.165) is 16.8 Å². The van der Waals surface area contributed by atoms with E-state index in [9.17, 15) is 14.7 Å². The van der Waals surface area contributed by atoms with E-state index in [1.54, 1.807) is 32.4 Å². The van der Waals surface area contributed by atoms with E-state index in [1.165, 1.54) is 7.11 Å². The second kappa shape index (κ2) is 11.8. The van der Waals surface area contributed by atoms with Gasteiger partial charge < -0.3 is 29.4 Å². The lowest BCUT2D eigenvalue weighted by Gasteiger charge is -2.37. The van der Waals surface area contributed by atoms with Crippen LogP contribution < -0.4 is 19.5 Å². The summed E-state index contributed by atoms with van der Waals surface area (Å²) in [6.07, 6.45) is 0.804. The van der Waals surface area contributed by atoms with Crippen molar-refractivity contribution in [1.29, 1.82) is 0 Å². The first-order chi connectivity index (χ1) is 19.8. The van der Waals surface area contributed by atoms with E-state index < -0.39 is 11.9 Å². The molecule has 0 amide bonds. The molecule has 0 aromatic heterocycles. The number of nitrogens with one attached hydrogen (secondary N) is 1. The number of carbonyl (C=O) groups excluding carboxylic acids is 2. The molecule has 1 aliphatic heterocycles. The zero-order valence-corrected chi connectivity index (χ0v) is 23.5. The van der Waals surface area contributed by atoms with Crippen LogP contribution in [0.1, 0.15) is 48.3 Å². The van der Waals surface area contributed by atoms with E-state index in [2.05, 4.69) is 5.32 Å². The van der Waals surface area contributed by atoms with Gasteiger partial charge in [-0.1, -0.05) is 42.5 Å². The van der Waals surface area contributed by atoms with Gasteiger partial charge in [-0.05, 0) is 60.2 Å². The fraction of sp³-hybridized carbons (Fsp3) is 0.273. The van der Waals surface area contributed by atoms with Crippen LogP contribution >= 0.6 is 0 Å². The Labute approximate surface area is 239 Å². The third kappa shape index (κ3) is 5.50. The number of rotatable bonds is 8. The third-order valence-electron chi connectivity index (χ3n) is 7.68. The molecule has 0 unspecified atom stereocenters. The SMILES string of the molecule is COc1ccc([C@H]2C(C(=O)OCc3ccccc3)=C(C)NC3=C2C(=O)C[C@H](c2ccc(OC)c(OC)c2)C3)cc1O. The number of ketones is 1. The molecule has 3 aromatic carbocycles. The molecule has 0 spiro atoms. The number of hydrogen-bond donors (Lipinski definition) is 2. The van der Waals surface area contributed by atoms with Crippen molar-refractivity contribution >= 4 is 11.8 Å². The van der Waals surface area contributed by atoms with E-state index in [4.69, 9.17) is 18.9 Å². The van der Waals surface area contributed by atoms with Crippen molar-refractivity contribution < 1.29 is 33.6 Å². The van der Waals surface area contributed by atoms with Crippen molar-refractivity contribution in [2.24, 2.45) is 0 Å². The molecule has 41 heavy (non-hydrogen) atoms. The molecule has 0 saturated carbocycles. The van der Waals surface area contributed by atoms with Gasteiger partial charge in [-0.25, -0.2) is 4.79 Å². The predicted molar refractivity (Wildman–Crippen MR) is 153 cm³/mol. The van der Waals surface area contributed by atoms with Crippen LogP contribution in [0.2, 0.25) is 0 Å². The van der Waals surface area contributed by atoms with Gasteiger partial charge in [0.15, 0.2) is 28.8 Å². The van der Waals surface area contributed by atoms with Gasteiger partial charge in [0.25, 0.3) is 0 Å². The smallest absolute Gasteiger partial charge is 0.337 e. The van der Waals surface area contributed by atoms with Crippen LogP contribution in [0.3, 0.4) is 0 Å². The molecule has 2 atom stereocenters. The van der Waals surface area contributed by atoms with Crippen molar-refractivity contribution in [1.82, 2.24) is 5.32 Å². The monoisotopic (exact) mass is 555 g/mol. The standard InChI is InChI=1S/C33H33NO7/c1-19-30(33(37)41-18-20-8-6-5-7-9-20)31(22-11-12-27(38-2)25(35)15-22)32-24(34-19)14-23(16-26(32)36)21-10-13-28(39-3)29(17-21)40-4/h5-13,15,17,23,31,34-35H,14,16,18H2,1-4H3/t23-,31+/m1/s1. The minimum absolute atomic E-state index is 0.0770. The molecule has 212 valence electrons. The number of Topliss-reactive ketones (excluding diaryl/α,β-unsaturated/α-hetero) is 1. The van der Waals surface area contributed by atoms with Gasteiger partial charge in [0.1, 0.15) is 6.61 Å². The summed E-state index contributed by atoms with van der Waals surface area (Å²) in [5.41, 5.74) is 4.60. The first kappa shape index (κ1) is 27.8. The Morgan fingerprint density at radius 3 is 2.24 bits per heavy atom. The average molecular weight is 556 g/mol. The third-order valence-corrected chi connectivity index (χ3v) is 7.68. The maximum absolute atomic E-state index is 13.9. The van der Waals surface area contributed by atoms with Gasteiger partial charge in [-0.2, -0.15) is 0 Å². The number of phenols is 1. The van der Waals surface area contributed by atoms with Crippen LogP contribution in [0.25, 0.3) is 0 Å². The fourth-order valence-electron chi connectivity index (χ4n) is 5.67. The number of esters is 1. The van der Waals surface area contributed by atoms with Gasteiger partial charge in [-0.3, -0.25) is 4.79 Å². The average Bonchev–Trinajstić information content (AvgIpc) is 2.99. The summed E-state index contributed by atoms with van der Waals surface area (Å²) in [6.45, 7) is 1.90. The molecule has 3 aromatic rings. The number of ether oxygens (including phenoxy) is 4.